The molecule has 142 valence electrons. The molecule has 2 rings (SSSR count). The monoisotopic (exact) mass is 377 g/mol. The highest BCUT2D eigenvalue weighted by molar-refractivity contribution is 5.99. The summed E-state index contributed by atoms with van der Waals surface area (Å²) in [6.45, 7) is 0.995. The average Bonchev–Trinajstić information content (AvgIpc) is 2.70. The molecule has 2 atom stereocenters. The molecular weight excluding hydrogens is 357 g/mol. The molecular formula is C23H20FNO3. The van der Waals surface area contributed by atoms with Crippen LogP contribution in [0.5, 0.6) is 0 Å². The van der Waals surface area contributed by atoms with Gasteiger partial charge in [-0.25, -0.2) is 4.39 Å². The van der Waals surface area contributed by atoms with Crippen molar-refractivity contribution < 1.29 is 19.1 Å². The third-order valence-electron chi connectivity index (χ3n) is 4.16. The molecule has 3 N–H and O–H groups in total. The normalized spacial score (nSPS) is 12.0. The zero-order valence-corrected chi connectivity index (χ0v) is 15.4. The van der Waals surface area contributed by atoms with Gasteiger partial charge < -0.3 is 10.8 Å². The SMILES string of the molecule is C[C@@H](N)[C@H](CC(=O)c1ccc(C#CC#Cc2ccccc2F)cc1)C(=O)CO. The molecule has 0 saturated carbocycles. The lowest BCUT2D eigenvalue weighted by molar-refractivity contribution is -0.126. The molecule has 0 heterocycles. The van der Waals surface area contributed by atoms with Gasteiger partial charge in [0.1, 0.15) is 12.4 Å². The summed E-state index contributed by atoms with van der Waals surface area (Å²) >= 11 is 0. The van der Waals surface area contributed by atoms with Crippen LogP contribution in [0.15, 0.2) is 48.5 Å². The minimum Gasteiger partial charge on any atom is -0.389 e. The van der Waals surface area contributed by atoms with Crippen LogP contribution in [0.1, 0.15) is 34.8 Å². The number of benzene rings is 2. The largest absolute Gasteiger partial charge is 0.389 e. The van der Waals surface area contributed by atoms with Crippen molar-refractivity contribution in [2.45, 2.75) is 19.4 Å². The minimum absolute atomic E-state index is 0.0593. The van der Waals surface area contributed by atoms with Gasteiger partial charge >= 0.3 is 0 Å². The third-order valence-corrected chi connectivity index (χ3v) is 4.16. The second kappa shape index (κ2) is 10.2. The number of aliphatic hydroxyl groups is 1. The van der Waals surface area contributed by atoms with E-state index < -0.39 is 30.2 Å². The van der Waals surface area contributed by atoms with E-state index in [0.717, 1.165) is 0 Å². The molecule has 2 aromatic carbocycles. The Hall–Kier alpha value is -3.25. The van der Waals surface area contributed by atoms with Gasteiger partial charge in [-0.1, -0.05) is 30.2 Å². The van der Waals surface area contributed by atoms with Crippen LogP contribution < -0.4 is 5.73 Å². The Morgan fingerprint density at radius 2 is 1.71 bits per heavy atom. The predicted molar refractivity (Wildman–Crippen MR) is 105 cm³/mol. The number of rotatable bonds is 6. The highest BCUT2D eigenvalue weighted by Crippen LogP contribution is 2.15. The Morgan fingerprint density at radius 3 is 2.32 bits per heavy atom. The quantitative estimate of drug-likeness (QED) is 0.598. The molecule has 0 aliphatic rings. The highest BCUT2D eigenvalue weighted by atomic mass is 19.1. The van der Waals surface area contributed by atoms with Crippen molar-refractivity contribution in [3.05, 3.63) is 71.0 Å². The van der Waals surface area contributed by atoms with E-state index in [1.807, 2.05) is 0 Å². The van der Waals surface area contributed by atoms with Crippen LogP contribution >= 0.6 is 0 Å². The van der Waals surface area contributed by atoms with Crippen LogP contribution in [-0.4, -0.2) is 29.3 Å². The van der Waals surface area contributed by atoms with Gasteiger partial charge in [-0.3, -0.25) is 9.59 Å². The minimum atomic E-state index is -0.717. The van der Waals surface area contributed by atoms with Gasteiger partial charge in [0.15, 0.2) is 11.6 Å². The molecule has 0 aromatic heterocycles. The van der Waals surface area contributed by atoms with Crippen molar-refractivity contribution in [3.63, 3.8) is 0 Å². The van der Waals surface area contributed by atoms with Crippen molar-refractivity contribution in [3.8, 4) is 23.7 Å². The smallest absolute Gasteiger partial charge is 0.163 e. The number of ketones is 2. The average molecular weight is 377 g/mol. The number of aliphatic hydroxyl groups excluding tert-OH is 1. The summed E-state index contributed by atoms with van der Waals surface area (Å²) in [7, 11) is 0. The summed E-state index contributed by atoms with van der Waals surface area (Å²) in [6.07, 6.45) is -0.0593. The van der Waals surface area contributed by atoms with Crippen LogP contribution in [0.2, 0.25) is 0 Å². The zero-order valence-electron chi connectivity index (χ0n) is 15.4. The molecule has 0 aliphatic carbocycles. The van der Waals surface area contributed by atoms with E-state index in [2.05, 4.69) is 23.7 Å². The first-order chi connectivity index (χ1) is 13.4. The van der Waals surface area contributed by atoms with Gasteiger partial charge in [0.25, 0.3) is 0 Å². The van der Waals surface area contributed by atoms with Crippen LogP contribution in [0.25, 0.3) is 0 Å². The number of halogens is 1. The Morgan fingerprint density at radius 1 is 1.07 bits per heavy atom. The number of Topliss-reactive ketones (excluding diaryl/α,β-unsaturated/α-hetero) is 2. The molecule has 5 heteroatoms. The van der Waals surface area contributed by atoms with Gasteiger partial charge in [-0.05, 0) is 49.0 Å². The van der Waals surface area contributed by atoms with Crippen molar-refractivity contribution in [1.82, 2.24) is 0 Å². The van der Waals surface area contributed by atoms with Crippen LogP contribution in [0.4, 0.5) is 4.39 Å². The first-order valence-electron chi connectivity index (χ1n) is 8.71. The van der Waals surface area contributed by atoms with Gasteiger partial charge in [0.05, 0.1) is 5.56 Å². The summed E-state index contributed by atoms with van der Waals surface area (Å²) in [5.41, 5.74) is 7.10. The molecule has 0 aliphatic heterocycles. The molecule has 2 aromatic rings. The molecule has 0 unspecified atom stereocenters. The predicted octanol–water partition coefficient (Wildman–Crippen LogP) is 2.33. The topological polar surface area (TPSA) is 80.4 Å². The molecule has 28 heavy (non-hydrogen) atoms. The lowest BCUT2D eigenvalue weighted by Crippen LogP contribution is -2.36. The second-order valence-electron chi connectivity index (χ2n) is 6.27. The van der Waals surface area contributed by atoms with E-state index in [4.69, 9.17) is 10.8 Å². The number of nitrogens with two attached hydrogens (primary N) is 1. The first kappa shape index (κ1) is 21.1. The van der Waals surface area contributed by atoms with Crippen LogP contribution in [-0.2, 0) is 4.79 Å². The number of hydrogen-bond donors (Lipinski definition) is 2. The lowest BCUT2D eigenvalue weighted by Gasteiger charge is -2.17. The number of carbonyl (C=O) groups excluding carboxylic acids is 2. The van der Waals surface area contributed by atoms with E-state index in [1.54, 1.807) is 49.4 Å². The molecule has 0 fully saturated rings. The molecule has 0 radical (unpaired) electrons. The number of hydrogen-bond acceptors (Lipinski definition) is 4. The standard InChI is InChI=1S/C23H20FNO3/c1-16(25)20(23(28)15-26)14-22(27)19-12-10-17(11-13-19)6-2-3-7-18-8-4-5-9-21(18)24/h4-5,8-13,16,20,26H,14-15,25H2,1H3/t16-,20+/m1/s1. The fourth-order valence-electron chi connectivity index (χ4n) is 2.53. The Bertz CT molecular complexity index is 973. The van der Waals surface area contributed by atoms with E-state index in [9.17, 15) is 14.0 Å². The van der Waals surface area contributed by atoms with E-state index in [1.165, 1.54) is 6.07 Å². The fraction of sp³-hybridized carbons (Fsp3) is 0.217. The molecule has 0 amide bonds. The van der Waals surface area contributed by atoms with Gasteiger partial charge in [-0.2, -0.15) is 0 Å². The Kier molecular flexibility index (Phi) is 7.65. The van der Waals surface area contributed by atoms with E-state index in [0.29, 0.717) is 11.1 Å². The molecule has 0 bridgehead atoms. The Balaban J connectivity index is 2.05. The molecule has 0 spiro atoms. The van der Waals surface area contributed by atoms with Crippen molar-refractivity contribution in [1.29, 1.82) is 0 Å². The zero-order chi connectivity index (χ0) is 20.5. The summed E-state index contributed by atoms with van der Waals surface area (Å²) in [6, 6.07) is 12.2. The van der Waals surface area contributed by atoms with Crippen molar-refractivity contribution >= 4 is 11.6 Å². The second-order valence-corrected chi connectivity index (χ2v) is 6.27. The van der Waals surface area contributed by atoms with Crippen LogP contribution in [0, 0.1) is 35.4 Å². The maximum Gasteiger partial charge on any atom is 0.163 e. The summed E-state index contributed by atoms with van der Waals surface area (Å²) in [5, 5.41) is 9.00. The molecule has 4 nitrogen and oxygen atoms in total. The van der Waals surface area contributed by atoms with E-state index >= 15 is 0 Å². The number of carbonyl (C=O) groups is 2. The Labute approximate surface area is 163 Å². The van der Waals surface area contributed by atoms with Crippen LogP contribution in [0.3, 0.4) is 0 Å². The lowest BCUT2D eigenvalue weighted by atomic mass is 9.89. The summed E-state index contributed by atoms with van der Waals surface area (Å²) in [5.74, 6) is 8.91. The van der Waals surface area contributed by atoms with Gasteiger partial charge in [-0.15, -0.1) is 0 Å². The van der Waals surface area contributed by atoms with Crippen molar-refractivity contribution in [2.75, 3.05) is 6.61 Å². The third kappa shape index (κ3) is 5.89. The summed E-state index contributed by atoms with van der Waals surface area (Å²) in [4.78, 5) is 24.1. The maximum atomic E-state index is 13.4. The van der Waals surface area contributed by atoms with Gasteiger partial charge in [0.2, 0.25) is 0 Å². The molecule has 0 saturated heterocycles. The summed E-state index contributed by atoms with van der Waals surface area (Å²) < 4.78 is 13.4. The maximum absolute atomic E-state index is 13.4. The first-order valence-corrected chi connectivity index (χ1v) is 8.71. The van der Waals surface area contributed by atoms with Crippen molar-refractivity contribution in [2.24, 2.45) is 11.7 Å². The fourth-order valence-corrected chi connectivity index (χ4v) is 2.53. The van der Waals surface area contributed by atoms with E-state index in [-0.39, 0.29) is 17.8 Å². The highest BCUT2D eigenvalue weighted by Gasteiger charge is 2.25. The van der Waals surface area contributed by atoms with Gasteiger partial charge in [0, 0.05) is 29.5 Å².